The highest BCUT2D eigenvalue weighted by Gasteiger charge is 2.50. The Balaban J connectivity index is 1.45. The van der Waals surface area contributed by atoms with Crippen molar-refractivity contribution in [1.82, 2.24) is 4.90 Å². The Morgan fingerprint density at radius 2 is 1.12 bits per heavy atom. The summed E-state index contributed by atoms with van der Waals surface area (Å²) in [5, 5.41) is 2.66. The Kier molecular flexibility index (Phi) is 10.9. The van der Waals surface area contributed by atoms with Gasteiger partial charge in [-0.05, 0) is 44.1 Å². The monoisotopic (exact) mass is 681 g/mol. The molecule has 5 aromatic rings. The molecule has 0 aliphatic carbocycles. The topological polar surface area (TPSA) is 29.5 Å². The number of hydrogen-bond donors (Lipinski definition) is 0. The number of nitrogens with zero attached hydrogens (tertiary/aromatic N) is 1. The van der Waals surface area contributed by atoms with E-state index < -0.39 is 13.9 Å². The second-order valence-electron chi connectivity index (χ2n) is 13.9. The lowest BCUT2D eigenvalue weighted by Crippen LogP contribution is -2.66. The van der Waals surface area contributed by atoms with Crippen molar-refractivity contribution in [3.8, 4) is 0 Å². The third-order valence-electron chi connectivity index (χ3n) is 9.87. The minimum Gasteiger partial charge on any atom is -0.404 e. The van der Waals surface area contributed by atoms with Gasteiger partial charge in [-0.1, -0.05) is 190 Å². The van der Waals surface area contributed by atoms with Crippen LogP contribution < -0.4 is 10.4 Å². The Labute approximate surface area is 298 Å². The zero-order valence-corrected chi connectivity index (χ0v) is 30.9. The molecule has 0 spiro atoms. The van der Waals surface area contributed by atoms with Gasteiger partial charge in [0, 0.05) is 25.3 Å². The maximum atomic E-state index is 12.6. The molecule has 0 bridgehead atoms. The summed E-state index contributed by atoms with van der Waals surface area (Å²) in [6, 6.07) is 54.3. The molecular formula is C44H47NO2SSi. The van der Waals surface area contributed by atoms with E-state index >= 15 is 0 Å². The number of hydrogen-bond acceptors (Lipinski definition) is 4. The molecule has 5 aromatic carbocycles. The van der Waals surface area contributed by atoms with Crippen LogP contribution in [0.25, 0.3) is 0 Å². The molecule has 0 saturated carbocycles. The van der Waals surface area contributed by atoms with E-state index in [1.165, 1.54) is 44.4 Å². The van der Waals surface area contributed by atoms with Crippen LogP contribution in [0.15, 0.2) is 163 Å². The minimum atomic E-state index is -2.73. The fourth-order valence-electron chi connectivity index (χ4n) is 7.80. The van der Waals surface area contributed by atoms with Crippen LogP contribution in [0.2, 0.25) is 5.04 Å². The first-order valence-corrected chi connectivity index (χ1v) is 20.1. The van der Waals surface area contributed by atoms with Crippen molar-refractivity contribution in [2.75, 3.05) is 19.7 Å². The van der Waals surface area contributed by atoms with Crippen LogP contribution in [-0.4, -0.2) is 43.3 Å². The first kappa shape index (κ1) is 34.8. The lowest BCUT2D eigenvalue weighted by Gasteiger charge is -2.49. The highest BCUT2D eigenvalue weighted by Crippen LogP contribution is 2.45. The average molecular weight is 682 g/mol. The Morgan fingerprint density at radius 3 is 1.51 bits per heavy atom. The van der Waals surface area contributed by atoms with E-state index in [1.807, 2.05) is 0 Å². The normalized spacial score (nSPS) is 16.8. The predicted octanol–water partition coefficient (Wildman–Crippen LogP) is 8.84. The van der Waals surface area contributed by atoms with Gasteiger partial charge in [0.05, 0.1) is 12.1 Å². The van der Waals surface area contributed by atoms with Gasteiger partial charge in [-0.15, -0.1) is 0 Å². The van der Waals surface area contributed by atoms with Crippen LogP contribution in [0.3, 0.4) is 0 Å². The molecule has 1 atom stereocenters. The minimum absolute atomic E-state index is 0.0940. The van der Waals surface area contributed by atoms with E-state index in [4.69, 9.17) is 4.43 Å². The van der Waals surface area contributed by atoms with Crippen molar-refractivity contribution in [2.45, 2.75) is 49.9 Å². The zero-order valence-electron chi connectivity index (χ0n) is 29.1. The number of carbonyl (C=O) groups is 1. The van der Waals surface area contributed by atoms with Crippen molar-refractivity contribution in [3.63, 3.8) is 0 Å². The van der Waals surface area contributed by atoms with Crippen molar-refractivity contribution in [3.05, 3.63) is 180 Å². The largest absolute Gasteiger partial charge is 0.404 e. The molecule has 1 fully saturated rings. The SMILES string of the molecule is CC(=O)SC1CCN(C(c2ccccc2)(c2ccccc2)c2ccccc2)C/C1=C/CO[Si](c1ccccc1)(c1ccccc1)C(C)(C)C. The smallest absolute Gasteiger partial charge is 0.261 e. The molecule has 1 aliphatic rings. The van der Waals surface area contributed by atoms with Gasteiger partial charge in [0.15, 0.2) is 5.12 Å². The van der Waals surface area contributed by atoms with Crippen molar-refractivity contribution in [1.29, 1.82) is 0 Å². The van der Waals surface area contributed by atoms with Crippen molar-refractivity contribution < 1.29 is 9.22 Å². The lowest BCUT2D eigenvalue weighted by molar-refractivity contribution is -0.109. The van der Waals surface area contributed by atoms with Gasteiger partial charge in [0.1, 0.15) is 0 Å². The third-order valence-corrected chi connectivity index (χ3v) is 16.0. The highest BCUT2D eigenvalue weighted by atomic mass is 32.2. The number of likely N-dealkylation sites (tertiary alicyclic amines) is 1. The maximum absolute atomic E-state index is 12.6. The molecule has 1 aliphatic heterocycles. The van der Waals surface area contributed by atoms with Gasteiger partial charge in [0.25, 0.3) is 8.32 Å². The van der Waals surface area contributed by atoms with Crippen molar-refractivity contribution >= 4 is 35.6 Å². The van der Waals surface area contributed by atoms with Crippen LogP contribution in [-0.2, 0) is 14.8 Å². The molecule has 6 rings (SSSR count). The zero-order chi connectivity index (χ0) is 34.3. The van der Waals surface area contributed by atoms with Crippen LogP contribution in [0.1, 0.15) is 50.8 Å². The third kappa shape index (κ3) is 7.04. The average Bonchev–Trinajstić information content (AvgIpc) is 3.13. The fraction of sp³-hybridized carbons (Fsp3) is 0.250. The molecule has 250 valence electrons. The maximum Gasteiger partial charge on any atom is 0.261 e. The molecule has 1 unspecified atom stereocenters. The Morgan fingerprint density at radius 1 is 0.714 bits per heavy atom. The summed E-state index contributed by atoms with van der Waals surface area (Å²) in [6.07, 6.45) is 3.17. The van der Waals surface area contributed by atoms with E-state index in [0.29, 0.717) is 13.2 Å². The standard InChI is InChI=1S/C44H47NO2SSi/c1-35(46)48-42-30-32-45(44(37-20-10-5-11-21-37,38-22-12-6-13-23-38)39-24-14-7-15-25-39)34-36(42)31-33-47-49(43(2,3)4,40-26-16-8-17-27-40)41-28-18-9-19-29-41/h5-29,31,42H,30,32-34H2,1-4H3/b36-31-. The quantitative estimate of drug-likeness (QED) is 0.0837. The van der Waals surface area contributed by atoms with Gasteiger partial charge < -0.3 is 4.43 Å². The summed E-state index contributed by atoms with van der Waals surface area (Å²) in [5.41, 5.74) is 4.42. The van der Waals surface area contributed by atoms with Gasteiger partial charge >= 0.3 is 0 Å². The first-order chi connectivity index (χ1) is 23.8. The summed E-state index contributed by atoms with van der Waals surface area (Å²) in [7, 11) is -2.73. The summed E-state index contributed by atoms with van der Waals surface area (Å²) >= 11 is 1.46. The molecule has 0 amide bonds. The van der Waals surface area contributed by atoms with E-state index in [9.17, 15) is 4.79 Å². The number of rotatable bonds is 10. The molecule has 5 heteroatoms. The molecule has 0 N–H and O–H groups in total. The molecule has 49 heavy (non-hydrogen) atoms. The Hall–Kier alpha value is -4.00. The molecule has 0 aromatic heterocycles. The highest BCUT2D eigenvalue weighted by molar-refractivity contribution is 8.14. The second-order valence-corrected chi connectivity index (χ2v) is 19.6. The van der Waals surface area contributed by atoms with E-state index in [1.54, 1.807) is 6.92 Å². The second kappa shape index (κ2) is 15.3. The van der Waals surface area contributed by atoms with Crippen LogP contribution >= 0.6 is 11.8 Å². The fourth-order valence-corrected chi connectivity index (χ4v) is 13.2. The van der Waals surface area contributed by atoms with Crippen molar-refractivity contribution in [2.24, 2.45) is 0 Å². The summed E-state index contributed by atoms with van der Waals surface area (Å²) < 4.78 is 7.35. The molecular weight excluding hydrogens is 635 g/mol. The molecule has 1 heterocycles. The lowest BCUT2D eigenvalue weighted by atomic mass is 9.74. The summed E-state index contributed by atoms with van der Waals surface area (Å²) in [5.74, 6) is 0. The summed E-state index contributed by atoms with van der Waals surface area (Å²) in [6.45, 7) is 10.7. The number of piperidine rings is 1. The number of thioether (sulfide) groups is 1. The van der Waals surface area contributed by atoms with Gasteiger partial charge in [0.2, 0.25) is 0 Å². The summed E-state index contributed by atoms with van der Waals surface area (Å²) in [4.78, 5) is 15.3. The predicted molar refractivity (Wildman–Crippen MR) is 209 cm³/mol. The van der Waals surface area contributed by atoms with E-state index in [2.05, 4.69) is 183 Å². The van der Waals surface area contributed by atoms with Gasteiger partial charge in [-0.2, -0.15) is 0 Å². The molecule has 0 radical (unpaired) electrons. The Bertz CT molecular complexity index is 1690. The van der Waals surface area contributed by atoms with Crippen LogP contribution in [0.4, 0.5) is 0 Å². The number of carbonyl (C=O) groups excluding carboxylic acids is 1. The molecule has 1 saturated heterocycles. The van der Waals surface area contributed by atoms with Crippen LogP contribution in [0, 0.1) is 0 Å². The first-order valence-electron chi connectivity index (χ1n) is 17.3. The van der Waals surface area contributed by atoms with Gasteiger partial charge in [-0.25, -0.2) is 0 Å². The number of benzene rings is 5. The van der Waals surface area contributed by atoms with E-state index in [0.717, 1.165) is 13.0 Å². The van der Waals surface area contributed by atoms with E-state index in [-0.39, 0.29) is 15.4 Å². The molecule has 3 nitrogen and oxygen atoms in total. The van der Waals surface area contributed by atoms with Gasteiger partial charge in [-0.3, -0.25) is 9.69 Å². The van der Waals surface area contributed by atoms with Crippen LogP contribution in [0.5, 0.6) is 0 Å².